The van der Waals surface area contributed by atoms with Crippen LogP contribution in [0.15, 0.2) is 65.2 Å². The Morgan fingerprint density at radius 3 is 1.95 bits per heavy atom. The first-order valence-electron chi connectivity index (χ1n) is 24.2. The van der Waals surface area contributed by atoms with E-state index in [2.05, 4.69) is 66.1 Å². The highest BCUT2D eigenvalue weighted by Crippen LogP contribution is 2.72. The van der Waals surface area contributed by atoms with Crippen molar-refractivity contribution in [2.45, 2.75) is 74.1 Å². The van der Waals surface area contributed by atoms with Gasteiger partial charge in [-0.3, -0.25) is 46.8 Å². The zero-order chi connectivity index (χ0) is 59.5. The number of hydrogen-bond donors (Lipinski definition) is 13. The second-order valence-electron chi connectivity index (χ2n) is 18.6. The van der Waals surface area contributed by atoms with Gasteiger partial charge in [-0.05, 0) is 5.56 Å². The van der Waals surface area contributed by atoms with Gasteiger partial charge < -0.3 is 70.8 Å². The van der Waals surface area contributed by atoms with Crippen molar-refractivity contribution in [2.24, 2.45) is 13.0 Å². The number of phosphoric ester groups is 3. The smallest absolute Gasteiger partial charge is 0.396 e. The van der Waals surface area contributed by atoms with Crippen molar-refractivity contribution in [3.63, 3.8) is 0 Å². The number of nitrogen functional groups attached to an aromatic ring is 2. The third-order valence-corrected chi connectivity index (χ3v) is 19.8. The van der Waals surface area contributed by atoms with E-state index >= 15 is 0 Å². The highest BCUT2D eigenvalue weighted by Gasteiger charge is 2.54. The number of aliphatic hydroxyl groups excluding tert-OH is 4. The van der Waals surface area contributed by atoms with Crippen molar-refractivity contribution in [3.05, 3.63) is 81.9 Å². The lowest BCUT2D eigenvalue weighted by Crippen LogP contribution is -2.38. The Morgan fingerprint density at radius 1 is 0.711 bits per heavy atom. The Labute approximate surface area is 468 Å². The molecule has 43 heteroatoms. The molecule has 0 saturated carbocycles. The number of fused-ring (bicyclic) bond motifs is 3. The molecule has 38 nitrogen and oxygen atoms in total. The summed E-state index contributed by atoms with van der Waals surface area (Å²) in [7, 11) is -14.3. The number of thiol groups is 1. The van der Waals surface area contributed by atoms with E-state index < -0.39 is 141 Å². The number of imidazole rings is 3. The number of aryl methyl sites for hydroxylation is 1. The first kappa shape index (κ1) is 60.6. The van der Waals surface area contributed by atoms with Gasteiger partial charge in [0.15, 0.2) is 40.6 Å². The third kappa shape index (κ3) is 12.7. The second kappa shape index (κ2) is 23.7. The summed E-state index contributed by atoms with van der Waals surface area (Å²) < 4.78 is 113. The summed E-state index contributed by atoms with van der Waals surface area (Å²) in [5, 5.41) is 46.3. The Balaban J connectivity index is 0.830. The molecular formula is C40H52N15O23P4S+. The van der Waals surface area contributed by atoms with Crippen LogP contribution in [0.25, 0.3) is 33.5 Å². The maximum atomic E-state index is 13.9. The van der Waals surface area contributed by atoms with Crippen LogP contribution in [0.1, 0.15) is 24.2 Å². The average Bonchev–Trinajstić information content (AvgIpc) is 4.20. The van der Waals surface area contributed by atoms with Gasteiger partial charge in [0.05, 0.1) is 58.2 Å². The van der Waals surface area contributed by atoms with Crippen molar-refractivity contribution in [2.75, 3.05) is 50.3 Å². The van der Waals surface area contributed by atoms with Gasteiger partial charge in [0.25, 0.3) is 16.7 Å². The van der Waals surface area contributed by atoms with Crippen LogP contribution in [-0.4, -0.2) is 171 Å². The molecule has 3 aliphatic heterocycles. The van der Waals surface area contributed by atoms with Crippen LogP contribution in [0.2, 0.25) is 0 Å². The Hall–Kier alpha value is -5.54. The predicted molar refractivity (Wildman–Crippen MR) is 280 cm³/mol. The van der Waals surface area contributed by atoms with Crippen molar-refractivity contribution >= 4 is 93.7 Å². The molecule has 10 unspecified atom stereocenters. The van der Waals surface area contributed by atoms with Crippen LogP contribution < -0.4 is 32.5 Å². The Bertz CT molecular complexity index is 3860. The van der Waals surface area contributed by atoms with E-state index in [1.54, 1.807) is 0 Å². The summed E-state index contributed by atoms with van der Waals surface area (Å²) in [5.41, 5.74) is 11.0. The van der Waals surface area contributed by atoms with Gasteiger partial charge in [-0.15, -0.1) is 0 Å². The van der Waals surface area contributed by atoms with Crippen LogP contribution in [-0.2, 0) is 77.5 Å². The zero-order valence-corrected chi connectivity index (χ0v) is 47.2. The van der Waals surface area contributed by atoms with E-state index in [0.717, 1.165) is 23.6 Å². The van der Waals surface area contributed by atoms with E-state index in [9.17, 15) is 63.0 Å². The molecule has 0 bridgehead atoms. The fraction of sp³-hybridized carbons (Fsp3) is 0.475. The van der Waals surface area contributed by atoms with Crippen molar-refractivity contribution in [1.29, 1.82) is 0 Å². The minimum absolute atomic E-state index is 0.0188. The molecule has 3 aliphatic rings. The largest absolute Gasteiger partial charge is 0.480 e. The molecule has 9 heterocycles. The van der Waals surface area contributed by atoms with Gasteiger partial charge >= 0.3 is 35.8 Å². The average molecular weight is 1270 g/mol. The number of aromatic amines is 2. The number of H-pyrrole nitrogens is 2. The SMILES string of the molecule is COC1C(OP(=O)(O)OC[C@H]2O[C@@H](n3cnc4c(=O)[nH]c(N)nc43)C(O)C2O)[C@@H](COP(=O)(O)OP(=O)(S)OP(=O)(O)OC[C@H]2O[C@@H](n3c[n+](C)c4c(=O)[nH]c(N)nc43)C(CO)C2O)O[C@H]1n1cnc2c(NCc3ccccc3)ncnc21. The molecule has 16 atom stereocenters. The molecule has 14 N–H and O–H groups in total. The molecule has 3 fully saturated rings. The molecule has 450 valence electrons. The van der Waals surface area contributed by atoms with Crippen LogP contribution in [0.5, 0.6) is 0 Å². The molecule has 3 saturated heterocycles. The number of methoxy groups -OCH3 is 1. The van der Waals surface area contributed by atoms with Gasteiger partial charge in [-0.1, -0.05) is 42.6 Å². The quantitative estimate of drug-likeness (QED) is 0.0197. The number of aromatic nitrogens is 12. The maximum absolute atomic E-state index is 13.9. The fourth-order valence-corrected chi connectivity index (χ4v) is 15.6. The highest BCUT2D eigenvalue weighted by atomic mass is 32.7. The molecule has 0 aliphatic carbocycles. The normalized spacial score (nSPS) is 28.6. The molecule has 7 aromatic rings. The summed E-state index contributed by atoms with van der Waals surface area (Å²) in [6.45, 7) is -9.11. The number of aliphatic hydroxyl groups is 4. The molecular weight excluding hydrogens is 1210 g/mol. The molecule has 83 heavy (non-hydrogen) atoms. The Morgan fingerprint density at radius 2 is 1.29 bits per heavy atom. The maximum Gasteiger partial charge on any atom is 0.480 e. The third-order valence-electron chi connectivity index (χ3n) is 13.2. The van der Waals surface area contributed by atoms with Crippen molar-refractivity contribution in [3.8, 4) is 0 Å². The van der Waals surface area contributed by atoms with E-state index in [4.69, 9.17) is 48.5 Å². The fourth-order valence-electron chi connectivity index (χ4n) is 9.50. The topological polar surface area (TPSA) is 528 Å². The molecule has 0 amide bonds. The van der Waals surface area contributed by atoms with Crippen molar-refractivity contribution < 1.29 is 104 Å². The monoisotopic (exact) mass is 1270 g/mol. The number of nitrogens with two attached hydrogens (primary N) is 2. The minimum Gasteiger partial charge on any atom is -0.396 e. The highest BCUT2D eigenvalue weighted by molar-refractivity contribution is 8.45. The number of nitrogens with zero attached hydrogens (tertiary/aromatic N) is 10. The number of rotatable bonds is 23. The lowest BCUT2D eigenvalue weighted by atomic mass is 10.0. The molecule has 1 aromatic carbocycles. The van der Waals surface area contributed by atoms with Gasteiger partial charge in [0, 0.05) is 13.7 Å². The first-order valence-corrected chi connectivity index (χ1v) is 31.4. The van der Waals surface area contributed by atoms with Gasteiger partial charge in [-0.2, -0.15) is 23.2 Å². The van der Waals surface area contributed by atoms with Crippen LogP contribution >= 0.6 is 42.5 Å². The van der Waals surface area contributed by atoms with E-state index in [-0.39, 0.29) is 51.2 Å². The van der Waals surface area contributed by atoms with E-state index in [0.29, 0.717) is 6.54 Å². The predicted octanol–water partition coefficient (Wildman–Crippen LogP) is -1.50. The minimum atomic E-state index is -5.82. The number of phosphoric acid groups is 3. The Kier molecular flexibility index (Phi) is 17.3. The number of anilines is 3. The summed E-state index contributed by atoms with van der Waals surface area (Å²) in [4.78, 5) is 87.4. The number of benzene rings is 1. The standard InChI is InChI=1S/C40H51N15O23P4S/c1-52-16-55(33-24(52)35(61)51-40(42)49-33)36-18(9-56)25(57)19(73-36)10-71-80(64,65)77-82(68,83)78-81(66,67)72-12-21-28(29(69-2)38(75-21)53-14-46-22-30(44-13-45-31(22)53)43-8-17-6-4-3-5-7-17)76-79(62,63)70-11-20-26(58)27(59)37(74-20)54-15-47-23-32(54)48-39(41)50-34(23)60/h3-7,13-16,18-21,25-29,36-38,56-59H,8-12H2,1-2H3,(H10-,41,42,43,44,45,48,49,50,51,60,61,62,63,64,65,66,67,68,83)/p+1/t18?,19-,20-,21-,25?,26?,27?,28?,29?,36-,37-,38-,82?/m1/s1. The molecule has 10 rings (SSSR count). The van der Waals surface area contributed by atoms with Crippen LogP contribution in [0.4, 0.5) is 17.7 Å². The molecule has 0 radical (unpaired) electrons. The summed E-state index contributed by atoms with van der Waals surface area (Å²) in [6.07, 6.45) is -12.8. The lowest BCUT2D eigenvalue weighted by Gasteiger charge is -2.26. The summed E-state index contributed by atoms with van der Waals surface area (Å²) >= 11 is 3.56. The van der Waals surface area contributed by atoms with Gasteiger partial charge in [-0.25, -0.2) is 42.8 Å². The van der Waals surface area contributed by atoms with E-state index in [1.165, 1.54) is 39.7 Å². The zero-order valence-electron chi connectivity index (χ0n) is 42.7. The lowest BCUT2D eigenvalue weighted by molar-refractivity contribution is -0.646. The second-order valence-corrected chi connectivity index (χ2v) is 26.1. The summed E-state index contributed by atoms with van der Waals surface area (Å²) in [6, 6.07) is 9.26. The summed E-state index contributed by atoms with van der Waals surface area (Å²) in [5.74, 6) is -1.47. The van der Waals surface area contributed by atoms with E-state index in [1.807, 2.05) is 30.3 Å². The molecule has 6 aromatic heterocycles. The van der Waals surface area contributed by atoms with Gasteiger partial charge in [0.1, 0.15) is 49.1 Å². The number of ether oxygens (including phenoxy) is 4. The van der Waals surface area contributed by atoms with Crippen molar-refractivity contribution in [1.82, 2.24) is 53.6 Å². The van der Waals surface area contributed by atoms with Crippen LogP contribution in [0.3, 0.4) is 0 Å². The number of hydrogen-bond acceptors (Lipinski definition) is 29. The first-order chi connectivity index (χ1) is 39.3. The van der Waals surface area contributed by atoms with Gasteiger partial charge in [0.2, 0.25) is 24.5 Å². The number of nitrogens with one attached hydrogen (secondary N) is 3. The molecule has 0 spiro atoms. The van der Waals surface area contributed by atoms with Crippen LogP contribution in [0, 0.1) is 5.92 Å².